The lowest BCUT2D eigenvalue weighted by Crippen LogP contribution is -2.16. The minimum absolute atomic E-state index is 0.0217. The second-order valence-corrected chi connectivity index (χ2v) is 6.11. The molecule has 0 saturated heterocycles. The van der Waals surface area contributed by atoms with Gasteiger partial charge >= 0.3 is 6.18 Å². The van der Waals surface area contributed by atoms with Crippen molar-refractivity contribution >= 4 is 28.9 Å². The van der Waals surface area contributed by atoms with Gasteiger partial charge in [-0.05, 0) is 32.0 Å². The van der Waals surface area contributed by atoms with Crippen LogP contribution in [0.2, 0.25) is 10.0 Å². The molecule has 2 aromatic rings. The zero-order valence-corrected chi connectivity index (χ0v) is 15.7. The van der Waals surface area contributed by atoms with E-state index in [2.05, 4.69) is 10.3 Å². The molecule has 0 aliphatic carbocycles. The van der Waals surface area contributed by atoms with E-state index in [1.807, 2.05) is 0 Å². The molecule has 0 radical (unpaired) electrons. The Hall–Kier alpha value is -1.93. The first-order valence-corrected chi connectivity index (χ1v) is 8.28. The quantitative estimate of drug-likeness (QED) is 0.504. The van der Waals surface area contributed by atoms with Crippen LogP contribution in [-0.4, -0.2) is 28.7 Å². The molecular formula is C16H16Cl2F3N3O2. The van der Waals surface area contributed by atoms with Gasteiger partial charge in [0.15, 0.2) is 5.69 Å². The van der Waals surface area contributed by atoms with E-state index in [1.54, 1.807) is 19.1 Å². The highest BCUT2D eigenvalue weighted by Crippen LogP contribution is 2.34. The van der Waals surface area contributed by atoms with Crippen molar-refractivity contribution in [2.45, 2.75) is 20.0 Å². The molecule has 0 fully saturated rings. The van der Waals surface area contributed by atoms with Gasteiger partial charge < -0.3 is 9.57 Å². The van der Waals surface area contributed by atoms with Gasteiger partial charge in [-0.15, -0.1) is 0 Å². The van der Waals surface area contributed by atoms with Crippen LogP contribution in [0.25, 0.3) is 0 Å². The second kappa shape index (κ2) is 8.18. The first-order chi connectivity index (χ1) is 12.1. The van der Waals surface area contributed by atoms with Gasteiger partial charge in [-0.3, -0.25) is 0 Å². The average Bonchev–Trinajstić information content (AvgIpc) is 2.83. The Bertz CT molecular complexity index is 820. The number of benzene rings is 1. The molecule has 1 aromatic carbocycles. The minimum Gasteiger partial charge on any atom is -0.471 e. The number of aryl methyl sites for hydroxylation is 1. The van der Waals surface area contributed by atoms with Gasteiger partial charge in [0.05, 0.1) is 5.02 Å². The van der Waals surface area contributed by atoms with E-state index in [0.717, 1.165) is 4.68 Å². The highest BCUT2D eigenvalue weighted by atomic mass is 35.5. The summed E-state index contributed by atoms with van der Waals surface area (Å²) in [6.07, 6.45) is -4.56. The zero-order valence-electron chi connectivity index (χ0n) is 14.2. The summed E-state index contributed by atoms with van der Waals surface area (Å²) in [5.41, 5.74) is -0.302. The molecule has 0 atom stereocenters. The average molecular weight is 410 g/mol. The van der Waals surface area contributed by atoms with E-state index in [0.29, 0.717) is 27.9 Å². The van der Waals surface area contributed by atoms with Crippen molar-refractivity contribution in [2.75, 3.05) is 13.2 Å². The lowest BCUT2D eigenvalue weighted by molar-refractivity contribution is -0.141. The molecule has 26 heavy (non-hydrogen) atoms. The third kappa shape index (κ3) is 4.62. The first kappa shape index (κ1) is 20.4. The highest BCUT2D eigenvalue weighted by molar-refractivity contribution is 6.37. The molecule has 0 N–H and O–H groups in total. The fourth-order valence-corrected chi connectivity index (χ4v) is 2.76. The molecule has 0 bridgehead atoms. The predicted molar refractivity (Wildman–Crippen MR) is 93.1 cm³/mol. The Labute approximate surface area is 158 Å². The van der Waals surface area contributed by atoms with E-state index in [9.17, 15) is 13.2 Å². The summed E-state index contributed by atoms with van der Waals surface area (Å²) in [6.45, 7) is 3.17. The summed E-state index contributed by atoms with van der Waals surface area (Å²) in [6, 6.07) is 4.77. The number of ether oxygens (including phenoxy) is 1. The minimum atomic E-state index is -4.56. The Morgan fingerprint density at radius 2 is 2.00 bits per heavy atom. The maximum atomic E-state index is 13.0. The molecule has 1 heterocycles. The van der Waals surface area contributed by atoms with Crippen molar-refractivity contribution in [1.29, 1.82) is 0 Å². The Balaban J connectivity index is 2.30. The lowest BCUT2D eigenvalue weighted by Gasteiger charge is -2.11. The largest absolute Gasteiger partial charge is 0.471 e. The monoisotopic (exact) mass is 409 g/mol. The van der Waals surface area contributed by atoms with Crippen molar-refractivity contribution in [2.24, 2.45) is 12.2 Å². The van der Waals surface area contributed by atoms with E-state index in [4.69, 9.17) is 32.8 Å². The van der Waals surface area contributed by atoms with Crippen molar-refractivity contribution in [3.8, 4) is 5.88 Å². The Morgan fingerprint density at radius 3 is 2.54 bits per heavy atom. The molecule has 0 spiro atoms. The van der Waals surface area contributed by atoms with E-state index >= 15 is 0 Å². The van der Waals surface area contributed by atoms with E-state index in [1.165, 1.54) is 20.0 Å². The number of hydrogen-bond acceptors (Lipinski definition) is 4. The SMILES string of the molecule is CCON=C(COc1c(C)c(C(F)(F)F)nn1C)c1ccc(Cl)cc1Cl. The number of rotatable bonds is 6. The standard InChI is InChI=1S/C16H16Cl2F3N3O2/c1-4-26-23-13(11-6-5-10(17)7-12(11)18)8-25-15-9(2)14(16(19,20)21)22-24(15)3/h5-7H,4,8H2,1-3H3. The van der Waals surface area contributed by atoms with Gasteiger partial charge in [0.25, 0.3) is 0 Å². The normalized spacial score (nSPS) is 12.4. The number of aromatic nitrogens is 2. The number of oxime groups is 1. The highest BCUT2D eigenvalue weighted by Gasteiger charge is 2.38. The third-order valence-corrected chi connectivity index (χ3v) is 3.93. The van der Waals surface area contributed by atoms with Gasteiger partial charge in [-0.2, -0.15) is 18.3 Å². The molecule has 1 aromatic heterocycles. The van der Waals surface area contributed by atoms with Gasteiger partial charge in [0.2, 0.25) is 5.88 Å². The smallest absolute Gasteiger partial charge is 0.435 e. The van der Waals surface area contributed by atoms with Crippen LogP contribution < -0.4 is 4.74 Å². The lowest BCUT2D eigenvalue weighted by atomic mass is 10.1. The van der Waals surface area contributed by atoms with Gasteiger partial charge in [0.1, 0.15) is 18.9 Å². The van der Waals surface area contributed by atoms with Crippen LogP contribution in [0.5, 0.6) is 5.88 Å². The molecule has 0 aliphatic rings. The van der Waals surface area contributed by atoms with Crippen LogP contribution in [0.4, 0.5) is 13.2 Å². The number of alkyl halides is 3. The first-order valence-electron chi connectivity index (χ1n) is 7.53. The van der Waals surface area contributed by atoms with Crippen LogP contribution in [0, 0.1) is 6.92 Å². The van der Waals surface area contributed by atoms with Gasteiger partial charge in [0, 0.05) is 23.2 Å². The Kier molecular flexibility index (Phi) is 6.41. The zero-order chi connectivity index (χ0) is 19.5. The molecule has 0 amide bonds. The number of halogens is 5. The maximum absolute atomic E-state index is 13.0. The van der Waals surface area contributed by atoms with Crippen LogP contribution >= 0.6 is 23.2 Å². The third-order valence-electron chi connectivity index (χ3n) is 3.38. The summed E-state index contributed by atoms with van der Waals surface area (Å²) in [5, 5.41) is 8.18. The summed E-state index contributed by atoms with van der Waals surface area (Å²) >= 11 is 12.0. The van der Waals surface area contributed by atoms with Gasteiger partial charge in [-0.25, -0.2) is 4.68 Å². The molecule has 5 nitrogen and oxygen atoms in total. The van der Waals surface area contributed by atoms with Crippen LogP contribution in [0.15, 0.2) is 23.4 Å². The molecule has 0 unspecified atom stereocenters. The van der Waals surface area contributed by atoms with E-state index in [-0.39, 0.29) is 18.1 Å². The van der Waals surface area contributed by atoms with Crippen LogP contribution in [0.1, 0.15) is 23.7 Å². The van der Waals surface area contributed by atoms with Crippen molar-refractivity contribution in [3.63, 3.8) is 0 Å². The fourth-order valence-electron chi connectivity index (χ4n) is 2.24. The molecule has 2 rings (SSSR count). The van der Waals surface area contributed by atoms with Crippen molar-refractivity contribution < 1.29 is 22.7 Å². The fraction of sp³-hybridized carbons (Fsp3) is 0.375. The molecular weight excluding hydrogens is 394 g/mol. The Morgan fingerprint density at radius 1 is 1.31 bits per heavy atom. The molecule has 0 aliphatic heterocycles. The number of nitrogens with zero attached hydrogens (tertiary/aromatic N) is 3. The predicted octanol–water partition coefficient (Wildman–Crippen LogP) is 4.87. The summed E-state index contributed by atoms with van der Waals surface area (Å²) in [7, 11) is 1.37. The second-order valence-electron chi connectivity index (χ2n) is 5.27. The summed E-state index contributed by atoms with van der Waals surface area (Å²) < 4.78 is 45.4. The molecule has 10 heteroatoms. The summed E-state index contributed by atoms with van der Waals surface area (Å²) in [4.78, 5) is 5.06. The maximum Gasteiger partial charge on any atom is 0.435 e. The van der Waals surface area contributed by atoms with Crippen LogP contribution in [0.3, 0.4) is 0 Å². The van der Waals surface area contributed by atoms with E-state index < -0.39 is 11.9 Å². The molecule has 142 valence electrons. The number of hydrogen-bond donors (Lipinski definition) is 0. The molecule has 0 saturated carbocycles. The topological polar surface area (TPSA) is 48.6 Å². The van der Waals surface area contributed by atoms with Crippen molar-refractivity contribution in [3.05, 3.63) is 45.1 Å². The van der Waals surface area contributed by atoms with Crippen LogP contribution in [-0.2, 0) is 18.1 Å². The van der Waals surface area contributed by atoms with Gasteiger partial charge in [-0.1, -0.05) is 28.4 Å². The van der Waals surface area contributed by atoms with Crippen molar-refractivity contribution in [1.82, 2.24) is 9.78 Å². The summed E-state index contributed by atoms with van der Waals surface area (Å²) in [5.74, 6) is -0.0217.